The van der Waals surface area contributed by atoms with Gasteiger partial charge in [-0.05, 0) is 43.7 Å². The van der Waals surface area contributed by atoms with E-state index in [1.165, 1.54) is 50.0 Å². The summed E-state index contributed by atoms with van der Waals surface area (Å²) in [5.41, 5.74) is 2.79. The Balaban J connectivity index is 1.64. The monoisotopic (exact) mass is 272 g/mol. The van der Waals surface area contributed by atoms with Crippen molar-refractivity contribution in [3.8, 4) is 0 Å². The van der Waals surface area contributed by atoms with Crippen molar-refractivity contribution in [2.24, 2.45) is 11.8 Å². The molecule has 2 fully saturated rings. The van der Waals surface area contributed by atoms with Crippen molar-refractivity contribution >= 4 is 0 Å². The summed E-state index contributed by atoms with van der Waals surface area (Å²) < 4.78 is 0. The van der Waals surface area contributed by atoms with Crippen LogP contribution in [0.3, 0.4) is 0 Å². The summed E-state index contributed by atoms with van der Waals surface area (Å²) in [5.74, 6) is 1.99. The summed E-state index contributed by atoms with van der Waals surface area (Å²) in [6.07, 6.45) is 4.41. The second-order valence-corrected chi connectivity index (χ2v) is 6.69. The molecular weight excluding hydrogens is 244 g/mol. The van der Waals surface area contributed by atoms with Gasteiger partial charge >= 0.3 is 0 Å². The van der Waals surface area contributed by atoms with Crippen LogP contribution in [0.25, 0.3) is 0 Å². The van der Waals surface area contributed by atoms with Gasteiger partial charge < -0.3 is 10.2 Å². The molecule has 0 spiro atoms. The van der Waals surface area contributed by atoms with Crippen molar-refractivity contribution < 1.29 is 0 Å². The average molecular weight is 272 g/mol. The van der Waals surface area contributed by atoms with Crippen LogP contribution in [0.4, 0.5) is 0 Å². The summed E-state index contributed by atoms with van der Waals surface area (Å²) >= 11 is 0. The smallest absolute Gasteiger partial charge is 0.0449 e. The number of hydrogen-bond donors (Lipinski definition) is 1. The van der Waals surface area contributed by atoms with E-state index in [4.69, 9.17) is 0 Å². The Hall–Kier alpha value is -0.860. The fraction of sp³-hybridized carbons (Fsp3) is 0.667. The highest BCUT2D eigenvalue weighted by Gasteiger charge is 2.36. The van der Waals surface area contributed by atoms with Crippen molar-refractivity contribution in [1.82, 2.24) is 10.2 Å². The molecule has 0 aromatic heterocycles. The summed E-state index contributed by atoms with van der Waals surface area (Å²) in [4.78, 5) is 2.70. The van der Waals surface area contributed by atoms with E-state index < -0.39 is 0 Å². The molecule has 3 atom stereocenters. The molecular formula is C18H28N2. The number of benzene rings is 1. The van der Waals surface area contributed by atoms with Crippen molar-refractivity contribution in [3.05, 3.63) is 35.4 Å². The molecule has 1 heterocycles. The van der Waals surface area contributed by atoms with Gasteiger partial charge in [0.25, 0.3) is 0 Å². The zero-order valence-corrected chi connectivity index (χ0v) is 12.9. The van der Waals surface area contributed by atoms with Crippen LogP contribution in [0, 0.1) is 18.8 Å². The Labute approximate surface area is 123 Å². The molecule has 1 saturated heterocycles. The first kappa shape index (κ1) is 14.1. The Bertz CT molecular complexity index is 414. The molecule has 110 valence electrons. The third kappa shape index (κ3) is 3.07. The second-order valence-electron chi connectivity index (χ2n) is 6.69. The van der Waals surface area contributed by atoms with E-state index in [9.17, 15) is 0 Å². The number of aryl methyl sites for hydroxylation is 1. The molecule has 1 aliphatic heterocycles. The molecule has 3 rings (SSSR count). The third-order valence-electron chi connectivity index (χ3n) is 5.17. The lowest BCUT2D eigenvalue weighted by Gasteiger charge is -2.25. The normalized spacial score (nSPS) is 27.7. The van der Waals surface area contributed by atoms with Gasteiger partial charge in [0.05, 0.1) is 0 Å². The van der Waals surface area contributed by atoms with E-state index in [1.54, 1.807) is 0 Å². The van der Waals surface area contributed by atoms with Gasteiger partial charge in [-0.2, -0.15) is 0 Å². The predicted molar refractivity (Wildman–Crippen MR) is 84.9 cm³/mol. The van der Waals surface area contributed by atoms with Gasteiger partial charge in [-0.1, -0.05) is 43.2 Å². The summed E-state index contributed by atoms with van der Waals surface area (Å²) in [7, 11) is 0. The standard InChI is InChI=1S/C18H28N2/c1-3-19-18(15-9-7-14(2)8-10-15)13-20-11-16-5-4-6-17(16)12-20/h7-10,16-19H,3-6,11-13H2,1-2H3. The van der Waals surface area contributed by atoms with Crippen LogP contribution in [0.1, 0.15) is 43.4 Å². The number of hydrogen-bond acceptors (Lipinski definition) is 2. The lowest BCUT2D eigenvalue weighted by molar-refractivity contribution is 0.274. The molecule has 2 heteroatoms. The van der Waals surface area contributed by atoms with Crippen molar-refractivity contribution in [2.45, 2.75) is 39.2 Å². The van der Waals surface area contributed by atoms with Crippen LogP contribution in [-0.2, 0) is 0 Å². The Kier molecular flexibility index (Phi) is 4.42. The molecule has 1 aliphatic carbocycles. The molecule has 1 N–H and O–H groups in total. The van der Waals surface area contributed by atoms with Crippen molar-refractivity contribution in [2.75, 3.05) is 26.2 Å². The first-order chi connectivity index (χ1) is 9.76. The number of nitrogens with one attached hydrogen (secondary N) is 1. The minimum atomic E-state index is 0.486. The van der Waals surface area contributed by atoms with Crippen LogP contribution in [-0.4, -0.2) is 31.1 Å². The Morgan fingerprint density at radius 3 is 2.40 bits per heavy atom. The number of likely N-dealkylation sites (N-methyl/N-ethyl adjacent to an activating group) is 1. The highest BCUT2D eigenvalue weighted by Crippen LogP contribution is 2.38. The quantitative estimate of drug-likeness (QED) is 0.884. The number of fused-ring (bicyclic) bond motifs is 1. The van der Waals surface area contributed by atoms with Gasteiger partial charge in [-0.3, -0.25) is 0 Å². The van der Waals surface area contributed by atoms with Gasteiger partial charge in [0, 0.05) is 25.7 Å². The third-order valence-corrected chi connectivity index (χ3v) is 5.17. The lowest BCUT2D eigenvalue weighted by Crippen LogP contribution is -2.34. The molecule has 2 nitrogen and oxygen atoms in total. The van der Waals surface area contributed by atoms with E-state index in [0.29, 0.717) is 6.04 Å². The Morgan fingerprint density at radius 1 is 1.15 bits per heavy atom. The van der Waals surface area contributed by atoms with E-state index in [0.717, 1.165) is 18.4 Å². The first-order valence-corrected chi connectivity index (χ1v) is 8.28. The molecule has 20 heavy (non-hydrogen) atoms. The first-order valence-electron chi connectivity index (χ1n) is 8.28. The van der Waals surface area contributed by atoms with Crippen LogP contribution < -0.4 is 5.32 Å². The SMILES string of the molecule is CCNC(CN1CC2CCCC2C1)c1ccc(C)cc1. The minimum absolute atomic E-state index is 0.486. The molecule has 3 unspecified atom stereocenters. The molecule has 2 aliphatic rings. The zero-order chi connectivity index (χ0) is 13.9. The number of nitrogens with zero attached hydrogens (tertiary/aromatic N) is 1. The summed E-state index contributed by atoms with van der Waals surface area (Å²) in [6.45, 7) is 9.24. The highest BCUT2D eigenvalue weighted by molar-refractivity contribution is 5.24. The highest BCUT2D eigenvalue weighted by atomic mass is 15.2. The number of likely N-dealkylation sites (tertiary alicyclic amines) is 1. The predicted octanol–water partition coefficient (Wildman–Crippen LogP) is 3.38. The Morgan fingerprint density at radius 2 is 1.80 bits per heavy atom. The van der Waals surface area contributed by atoms with Gasteiger partial charge in [0.2, 0.25) is 0 Å². The van der Waals surface area contributed by atoms with E-state index in [2.05, 4.69) is 48.3 Å². The molecule has 1 aromatic rings. The second kappa shape index (κ2) is 6.28. The van der Waals surface area contributed by atoms with Crippen LogP contribution in [0.15, 0.2) is 24.3 Å². The van der Waals surface area contributed by atoms with Crippen molar-refractivity contribution in [1.29, 1.82) is 0 Å². The van der Waals surface area contributed by atoms with Crippen LogP contribution >= 0.6 is 0 Å². The van der Waals surface area contributed by atoms with Crippen LogP contribution in [0.2, 0.25) is 0 Å². The lowest BCUT2D eigenvalue weighted by atomic mass is 10.0. The maximum Gasteiger partial charge on any atom is 0.0449 e. The van der Waals surface area contributed by atoms with E-state index >= 15 is 0 Å². The fourth-order valence-electron chi connectivity index (χ4n) is 4.07. The summed E-state index contributed by atoms with van der Waals surface area (Å²) in [5, 5.41) is 3.67. The fourth-order valence-corrected chi connectivity index (χ4v) is 4.07. The molecule has 1 aromatic carbocycles. The zero-order valence-electron chi connectivity index (χ0n) is 12.9. The summed E-state index contributed by atoms with van der Waals surface area (Å²) in [6, 6.07) is 9.54. The van der Waals surface area contributed by atoms with E-state index in [1.807, 2.05) is 0 Å². The molecule has 1 saturated carbocycles. The molecule has 0 bridgehead atoms. The largest absolute Gasteiger partial charge is 0.309 e. The van der Waals surface area contributed by atoms with Gasteiger partial charge in [-0.15, -0.1) is 0 Å². The molecule has 0 amide bonds. The van der Waals surface area contributed by atoms with Gasteiger partial charge in [-0.25, -0.2) is 0 Å². The van der Waals surface area contributed by atoms with Crippen molar-refractivity contribution in [3.63, 3.8) is 0 Å². The topological polar surface area (TPSA) is 15.3 Å². The van der Waals surface area contributed by atoms with E-state index in [-0.39, 0.29) is 0 Å². The minimum Gasteiger partial charge on any atom is -0.309 e. The maximum atomic E-state index is 3.67. The molecule has 0 radical (unpaired) electrons. The average Bonchev–Trinajstić information content (AvgIpc) is 3.00. The van der Waals surface area contributed by atoms with Gasteiger partial charge in [0.15, 0.2) is 0 Å². The maximum absolute atomic E-state index is 3.67. The van der Waals surface area contributed by atoms with Gasteiger partial charge in [0.1, 0.15) is 0 Å². The van der Waals surface area contributed by atoms with Crippen LogP contribution in [0.5, 0.6) is 0 Å². The number of rotatable bonds is 5.